The minimum atomic E-state index is -0.745. The molecule has 0 bridgehead atoms. The van der Waals surface area contributed by atoms with Gasteiger partial charge in [-0.2, -0.15) is 0 Å². The minimum Gasteiger partial charge on any atom is -0.481 e. The topological polar surface area (TPSA) is 63.6 Å². The van der Waals surface area contributed by atoms with E-state index in [9.17, 15) is 9.59 Å². The average molecular weight is 591 g/mol. The lowest BCUT2D eigenvalue weighted by molar-refractivity contribution is -0.150. The Kier molecular flexibility index (Phi) is 32.6. The standard InChI is InChI=1S/C38H70O4/c1-3-5-7-9-11-12-13-14-15-16-17-18-19-20-21-22-23-24-25-27-29-35-38(41)42-36(33-30-31-34-37(39)40)32-28-26-10-8-6-4-2/h11-12,14-15,36H,3-10,13,16-35H2,1-2H3,(H,39,40)/b12-11-,15-14-. The van der Waals surface area contributed by atoms with Gasteiger partial charge in [-0.1, -0.05) is 141 Å². The summed E-state index contributed by atoms with van der Waals surface area (Å²) in [5.41, 5.74) is 0. The van der Waals surface area contributed by atoms with E-state index in [2.05, 4.69) is 38.2 Å². The van der Waals surface area contributed by atoms with Crippen LogP contribution >= 0.6 is 0 Å². The molecule has 1 atom stereocenters. The molecule has 0 aliphatic heterocycles. The van der Waals surface area contributed by atoms with Gasteiger partial charge in [-0.15, -0.1) is 0 Å². The number of ether oxygens (including phenoxy) is 1. The predicted molar refractivity (Wildman–Crippen MR) is 181 cm³/mol. The zero-order valence-corrected chi connectivity index (χ0v) is 28.1. The van der Waals surface area contributed by atoms with E-state index in [0.717, 1.165) is 44.9 Å². The first-order chi connectivity index (χ1) is 20.6. The number of esters is 1. The molecule has 0 aromatic rings. The Bertz CT molecular complexity index is 639. The third-order valence-corrected chi connectivity index (χ3v) is 8.18. The number of hydrogen-bond donors (Lipinski definition) is 1. The van der Waals surface area contributed by atoms with Gasteiger partial charge in [0, 0.05) is 12.8 Å². The Hall–Kier alpha value is -1.58. The largest absolute Gasteiger partial charge is 0.481 e. The van der Waals surface area contributed by atoms with Crippen LogP contribution in [0.2, 0.25) is 0 Å². The maximum atomic E-state index is 12.4. The molecule has 0 aliphatic carbocycles. The van der Waals surface area contributed by atoms with Crippen LogP contribution in [0.3, 0.4) is 0 Å². The molecule has 0 radical (unpaired) electrons. The summed E-state index contributed by atoms with van der Waals surface area (Å²) in [4.78, 5) is 23.2. The second kappa shape index (κ2) is 33.9. The van der Waals surface area contributed by atoms with Gasteiger partial charge in [0.15, 0.2) is 0 Å². The van der Waals surface area contributed by atoms with Gasteiger partial charge in [0.25, 0.3) is 0 Å². The highest BCUT2D eigenvalue weighted by molar-refractivity contribution is 5.69. The van der Waals surface area contributed by atoms with Crippen LogP contribution in [0.1, 0.15) is 200 Å². The smallest absolute Gasteiger partial charge is 0.306 e. The Balaban J connectivity index is 3.69. The molecule has 0 saturated carbocycles. The molecule has 246 valence electrons. The van der Waals surface area contributed by atoms with Gasteiger partial charge in [-0.3, -0.25) is 9.59 Å². The molecule has 0 heterocycles. The summed E-state index contributed by atoms with van der Waals surface area (Å²) in [5, 5.41) is 8.87. The van der Waals surface area contributed by atoms with E-state index in [-0.39, 0.29) is 18.5 Å². The molecule has 1 unspecified atom stereocenters. The molecule has 4 heteroatoms. The van der Waals surface area contributed by atoms with Crippen molar-refractivity contribution in [2.24, 2.45) is 0 Å². The third-order valence-electron chi connectivity index (χ3n) is 8.18. The number of allylic oxidation sites excluding steroid dienone is 4. The normalized spacial score (nSPS) is 12.4. The molecule has 0 aromatic heterocycles. The van der Waals surface area contributed by atoms with Crippen molar-refractivity contribution in [3.05, 3.63) is 24.3 Å². The van der Waals surface area contributed by atoms with Crippen molar-refractivity contribution in [2.75, 3.05) is 0 Å². The van der Waals surface area contributed by atoms with Crippen molar-refractivity contribution < 1.29 is 19.4 Å². The molecule has 0 aliphatic rings. The van der Waals surface area contributed by atoms with Crippen LogP contribution in [0, 0.1) is 0 Å². The monoisotopic (exact) mass is 591 g/mol. The van der Waals surface area contributed by atoms with Crippen molar-refractivity contribution in [2.45, 2.75) is 206 Å². The molecular weight excluding hydrogens is 520 g/mol. The third kappa shape index (κ3) is 32.9. The molecule has 0 spiro atoms. The number of aliphatic carboxylic acids is 1. The summed E-state index contributed by atoms with van der Waals surface area (Å²) in [5.74, 6) is -0.806. The summed E-state index contributed by atoms with van der Waals surface area (Å²) in [6, 6.07) is 0. The number of carbonyl (C=O) groups excluding carboxylic acids is 1. The zero-order valence-electron chi connectivity index (χ0n) is 28.1. The molecule has 1 N–H and O–H groups in total. The summed E-state index contributed by atoms with van der Waals surface area (Å²) in [7, 11) is 0. The van der Waals surface area contributed by atoms with E-state index >= 15 is 0 Å². The Morgan fingerprint density at radius 3 is 1.48 bits per heavy atom. The molecule has 0 rings (SSSR count). The van der Waals surface area contributed by atoms with E-state index in [0.29, 0.717) is 12.8 Å². The molecule has 42 heavy (non-hydrogen) atoms. The Morgan fingerprint density at radius 1 is 0.524 bits per heavy atom. The Labute approximate surface area is 261 Å². The van der Waals surface area contributed by atoms with Crippen LogP contribution in [-0.2, 0) is 14.3 Å². The maximum absolute atomic E-state index is 12.4. The van der Waals surface area contributed by atoms with Crippen molar-refractivity contribution in [3.63, 3.8) is 0 Å². The van der Waals surface area contributed by atoms with E-state index < -0.39 is 5.97 Å². The molecule has 0 aromatic carbocycles. The number of hydrogen-bond acceptors (Lipinski definition) is 3. The SMILES string of the molecule is CCCCC/C=C\C/C=C\CCCCCCCCCCCCCC(=O)OC(CCCCCCCC)CCCCC(=O)O. The van der Waals surface area contributed by atoms with E-state index in [1.807, 2.05) is 0 Å². The fraction of sp³-hybridized carbons (Fsp3) is 0.842. The van der Waals surface area contributed by atoms with Crippen LogP contribution in [0.5, 0.6) is 0 Å². The van der Waals surface area contributed by atoms with Gasteiger partial charge in [0.05, 0.1) is 0 Å². The fourth-order valence-corrected chi connectivity index (χ4v) is 5.45. The van der Waals surface area contributed by atoms with Crippen molar-refractivity contribution in [1.29, 1.82) is 0 Å². The van der Waals surface area contributed by atoms with Crippen LogP contribution in [0.4, 0.5) is 0 Å². The highest BCUT2D eigenvalue weighted by atomic mass is 16.5. The summed E-state index contributed by atoms with van der Waals surface area (Å²) < 4.78 is 5.84. The van der Waals surface area contributed by atoms with Crippen molar-refractivity contribution >= 4 is 11.9 Å². The lowest BCUT2D eigenvalue weighted by Gasteiger charge is -2.18. The predicted octanol–water partition coefficient (Wildman–Crippen LogP) is 12.4. The van der Waals surface area contributed by atoms with Crippen LogP contribution in [0.15, 0.2) is 24.3 Å². The quantitative estimate of drug-likeness (QED) is 0.0469. The Morgan fingerprint density at radius 2 is 0.929 bits per heavy atom. The average Bonchev–Trinajstić information content (AvgIpc) is 2.97. The lowest BCUT2D eigenvalue weighted by atomic mass is 10.0. The van der Waals surface area contributed by atoms with E-state index in [1.54, 1.807) is 0 Å². The molecule has 0 fully saturated rings. The highest BCUT2D eigenvalue weighted by Gasteiger charge is 2.14. The van der Waals surface area contributed by atoms with Gasteiger partial charge in [-0.25, -0.2) is 0 Å². The lowest BCUT2D eigenvalue weighted by Crippen LogP contribution is -2.18. The number of carbonyl (C=O) groups is 2. The molecule has 0 amide bonds. The van der Waals surface area contributed by atoms with Crippen LogP contribution < -0.4 is 0 Å². The van der Waals surface area contributed by atoms with Gasteiger partial charge in [0.2, 0.25) is 0 Å². The first-order valence-corrected chi connectivity index (χ1v) is 18.3. The van der Waals surface area contributed by atoms with Gasteiger partial charge in [-0.05, 0) is 70.6 Å². The number of carboxylic acids is 1. The fourth-order valence-electron chi connectivity index (χ4n) is 5.45. The van der Waals surface area contributed by atoms with Crippen molar-refractivity contribution in [3.8, 4) is 0 Å². The van der Waals surface area contributed by atoms with Crippen LogP contribution in [0.25, 0.3) is 0 Å². The van der Waals surface area contributed by atoms with Gasteiger partial charge in [0.1, 0.15) is 6.10 Å². The second-order valence-corrected chi connectivity index (χ2v) is 12.4. The summed E-state index contributed by atoms with van der Waals surface area (Å²) >= 11 is 0. The van der Waals surface area contributed by atoms with Crippen LogP contribution in [-0.4, -0.2) is 23.1 Å². The van der Waals surface area contributed by atoms with Gasteiger partial charge >= 0.3 is 11.9 Å². The molecule has 0 saturated heterocycles. The molecule has 4 nitrogen and oxygen atoms in total. The minimum absolute atomic E-state index is 0.0405. The number of carboxylic acid groups (broad SMARTS) is 1. The van der Waals surface area contributed by atoms with E-state index in [4.69, 9.17) is 9.84 Å². The highest BCUT2D eigenvalue weighted by Crippen LogP contribution is 2.18. The van der Waals surface area contributed by atoms with Gasteiger partial charge < -0.3 is 9.84 Å². The zero-order chi connectivity index (χ0) is 30.8. The summed E-state index contributed by atoms with van der Waals surface area (Å²) in [6.07, 6.45) is 42.0. The first-order valence-electron chi connectivity index (χ1n) is 18.3. The maximum Gasteiger partial charge on any atom is 0.306 e. The second-order valence-electron chi connectivity index (χ2n) is 12.4. The summed E-state index contributed by atoms with van der Waals surface area (Å²) in [6.45, 7) is 4.48. The van der Waals surface area contributed by atoms with E-state index in [1.165, 1.54) is 122 Å². The van der Waals surface area contributed by atoms with Crippen molar-refractivity contribution in [1.82, 2.24) is 0 Å². The number of rotatable bonds is 33. The number of unbranched alkanes of at least 4 members (excludes halogenated alkanes) is 20. The first kappa shape index (κ1) is 40.4. The molecular formula is C38H70O4.